The van der Waals surface area contributed by atoms with Crippen molar-refractivity contribution in [2.45, 2.75) is 91.4 Å². The summed E-state index contributed by atoms with van der Waals surface area (Å²) >= 11 is 0. The molecule has 4 saturated carbocycles. The maximum Gasteiger partial charge on any atom is 0.347 e. The average Bonchev–Trinajstić information content (AvgIpc) is 2.54. The maximum atomic E-state index is 13.5. The summed E-state index contributed by atoms with van der Waals surface area (Å²) in [5.41, 5.74) is 0.403. The van der Waals surface area contributed by atoms with Gasteiger partial charge >= 0.3 is 7.60 Å². The normalized spacial score (nSPS) is 35.8. The van der Waals surface area contributed by atoms with Gasteiger partial charge < -0.3 is 14.4 Å². The molecular weight excluding hydrogens is 345 g/mol. The molecule has 5 heteroatoms. The molecule has 4 rings (SSSR count). The van der Waals surface area contributed by atoms with Crippen molar-refractivity contribution < 1.29 is 13.6 Å². The summed E-state index contributed by atoms with van der Waals surface area (Å²) in [6.07, 6.45) is 9.56. The molecule has 1 N–H and O–H groups in total. The van der Waals surface area contributed by atoms with Crippen LogP contribution in [0.1, 0.15) is 79.6 Å². The summed E-state index contributed by atoms with van der Waals surface area (Å²) in [6.45, 7) is 11.2. The van der Waals surface area contributed by atoms with Crippen molar-refractivity contribution in [2.75, 3.05) is 13.2 Å². The number of hydrogen-bond acceptors (Lipinski definition) is 4. The molecule has 0 heterocycles. The SMILES string of the molecule is CCOP(=O)(OCC)C(NC(CC)C12CC3CC(CC(C3)C1)C2)C(C)C. The quantitative estimate of drug-likeness (QED) is 0.481. The van der Waals surface area contributed by atoms with Crippen molar-refractivity contribution in [3.05, 3.63) is 0 Å². The lowest BCUT2D eigenvalue weighted by molar-refractivity contribution is -0.0760. The second-order valence-electron chi connectivity index (χ2n) is 9.47. The Hall–Kier alpha value is 0.110. The molecule has 4 fully saturated rings. The van der Waals surface area contributed by atoms with Gasteiger partial charge in [-0.15, -0.1) is 0 Å². The minimum absolute atomic E-state index is 0.210. The van der Waals surface area contributed by atoms with Gasteiger partial charge in [-0.05, 0) is 87.9 Å². The minimum atomic E-state index is -3.16. The molecule has 2 unspecified atom stereocenters. The van der Waals surface area contributed by atoms with Crippen LogP contribution in [0, 0.1) is 29.1 Å². The van der Waals surface area contributed by atoms with E-state index < -0.39 is 7.60 Å². The molecular formula is C21H40NO3P. The topological polar surface area (TPSA) is 47.6 Å². The van der Waals surface area contributed by atoms with Gasteiger partial charge in [0.05, 0.1) is 13.2 Å². The van der Waals surface area contributed by atoms with E-state index in [1.165, 1.54) is 38.5 Å². The van der Waals surface area contributed by atoms with Gasteiger partial charge in [0, 0.05) is 6.04 Å². The zero-order valence-electron chi connectivity index (χ0n) is 17.5. The molecule has 4 bridgehead atoms. The summed E-state index contributed by atoms with van der Waals surface area (Å²) in [7, 11) is -3.16. The third kappa shape index (κ3) is 3.95. The monoisotopic (exact) mass is 385 g/mol. The number of nitrogens with one attached hydrogen (secondary N) is 1. The van der Waals surface area contributed by atoms with Crippen molar-refractivity contribution in [1.82, 2.24) is 5.32 Å². The lowest BCUT2D eigenvalue weighted by atomic mass is 9.47. The number of rotatable bonds is 10. The van der Waals surface area contributed by atoms with Gasteiger partial charge in [0.2, 0.25) is 0 Å². The summed E-state index contributed by atoms with van der Waals surface area (Å²) in [6, 6.07) is 0.414. The van der Waals surface area contributed by atoms with Gasteiger partial charge in [0.15, 0.2) is 0 Å². The van der Waals surface area contributed by atoms with E-state index >= 15 is 0 Å². The molecule has 152 valence electrons. The van der Waals surface area contributed by atoms with Crippen molar-refractivity contribution in [3.8, 4) is 0 Å². The standard InChI is InChI=1S/C21H40NO3P/c1-6-19(21-12-16-9-17(13-21)11-18(10-16)14-21)22-20(15(4)5)26(23,24-7-2)25-8-3/h15-20,22H,6-14H2,1-5H3. The molecule has 2 atom stereocenters. The van der Waals surface area contributed by atoms with E-state index in [0.29, 0.717) is 24.7 Å². The van der Waals surface area contributed by atoms with Crippen LogP contribution in [-0.4, -0.2) is 25.0 Å². The molecule has 4 aliphatic rings. The Morgan fingerprint density at radius 1 is 0.962 bits per heavy atom. The first-order valence-electron chi connectivity index (χ1n) is 11.0. The summed E-state index contributed by atoms with van der Waals surface area (Å²) in [4.78, 5) is 0. The predicted molar refractivity (Wildman–Crippen MR) is 107 cm³/mol. The third-order valence-electron chi connectivity index (χ3n) is 7.20. The fourth-order valence-corrected chi connectivity index (χ4v) is 8.95. The van der Waals surface area contributed by atoms with E-state index in [1.807, 2.05) is 13.8 Å². The van der Waals surface area contributed by atoms with Crippen LogP contribution in [0.25, 0.3) is 0 Å². The van der Waals surface area contributed by atoms with E-state index in [0.717, 1.165) is 24.2 Å². The first-order valence-corrected chi connectivity index (χ1v) is 12.6. The zero-order chi connectivity index (χ0) is 18.9. The molecule has 0 aromatic heterocycles. The van der Waals surface area contributed by atoms with Gasteiger partial charge in [-0.25, -0.2) is 0 Å². The van der Waals surface area contributed by atoms with Crippen molar-refractivity contribution >= 4 is 7.60 Å². The molecule has 26 heavy (non-hydrogen) atoms. The Morgan fingerprint density at radius 2 is 1.42 bits per heavy atom. The van der Waals surface area contributed by atoms with Crippen molar-refractivity contribution in [2.24, 2.45) is 29.1 Å². The highest BCUT2D eigenvalue weighted by Gasteiger charge is 2.54. The Kier molecular flexibility index (Phi) is 6.60. The first-order chi connectivity index (χ1) is 12.4. The van der Waals surface area contributed by atoms with Crippen LogP contribution in [0.3, 0.4) is 0 Å². The largest absolute Gasteiger partial charge is 0.347 e. The molecule has 0 aromatic carbocycles. The van der Waals surface area contributed by atoms with Crippen LogP contribution in [0.4, 0.5) is 0 Å². The van der Waals surface area contributed by atoms with Crippen LogP contribution >= 0.6 is 7.60 Å². The zero-order valence-corrected chi connectivity index (χ0v) is 18.4. The molecule has 4 nitrogen and oxygen atoms in total. The van der Waals surface area contributed by atoms with Gasteiger partial charge in [0.1, 0.15) is 5.78 Å². The molecule has 0 radical (unpaired) electrons. The molecule has 0 aromatic rings. The lowest BCUT2D eigenvalue weighted by Crippen LogP contribution is -2.58. The maximum absolute atomic E-state index is 13.5. The lowest BCUT2D eigenvalue weighted by Gasteiger charge is -2.60. The first kappa shape index (κ1) is 20.8. The fraction of sp³-hybridized carbons (Fsp3) is 1.00. The molecule has 0 aliphatic heterocycles. The van der Waals surface area contributed by atoms with Crippen LogP contribution in [0.5, 0.6) is 0 Å². The van der Waals surface area contributed by atoms with E-state index in [1.54, 1.807) is 0 Å². The van der Waals surface area contributed by atoms with E-state index in [2.05, 4.69) is 26.1 Å². The van der Waals surface area contributed by atoms with Crippen LogP contribution in [0.2, 0.25) is 0 Å². The summed E-state index contributed by atoms with van der Waals surface area (Å²) in [5.74, 6) is 2.78. The van der Waals surface area contributed by atoms with Gasteiger partial charge in [-0.1, -0.05) is 20.8 Å². The number of hydrogen-bond donors (Lipinski definition) is 1. The Bertz CT molecular complexity index is 476. The average molecular weight is 386 g/mol. The smallest absolute Gasteiger partial charge is 0.308 e. The van der Waals surface area contributed by atoms with Gasteiger partial charge in [0.25, 0.3) is 0 Å². The van der Waals surface area contributed by atoms with Crippen molar-refractivity contribution in [3.63, 3.8) is 0 Å². The molecule has 4 aliphatic carbocycles. The van der Waals surface area contributed by atoms with Gasteiger partial charge in [-0.2, -0.15) is 0 Å². The van der Waals surface area contributed by atoms with E-state index in [4.69, 9.17) is 9.05 Å². The highest BCUT2D eigenvalue weighted by atomic mass is 31.2. The summed E-state index contributed by atoms with van der Waals surface area (Å²) < 4.78 is 25.0. The third-order valence-corrected chi connectivity index (χ3v) is 9.86. The predicted octanol–water partition coefficient (Wildman–Crippen LogP) is 5.82. The van der Waals surface area contributed by atoms with Gasteiger partial charge in [-0.3, -0.25) is 4.57 Å². The fourth-order valence-electron chi connectivity index (χ4n) is 6.74. The second kappa shape index (κ2) is 8.23. The Morgan fingerprint density at radius 3 is 1.77 bits per heavy atom. The molecule has 0 spiro atoms. The summed E-state index contributed by atoms with van der Waals surface area (Å²) in [5, 5.41) is 3.86. The van der Waals surface area contributed by atoms with E-state index in [-0.39, 0.29) is 11.7 Å². The second-order valence-corrected chi connectivity index (χ2v) is 11.6. The van der Waals surface area contributed by atoms with Crippen LogP contribution < -0.4 is 5.32 Å². The highest BCUT2D eigenvalue weighted by molar-refractivity contribution is 7.54. The highest BCUT2D eigenvalue weighted by Crippen LogP contribution is 2.62. The Balaban J connectivity index is 1.81. The minimum Gasteiger partial charge on any atom is -0.308 e. The van der Waals surface area contributed by atoms with E-state index in [9.17, 15) is 4.57 Å². The molecule has 0 saturated heterocycles. The van der Waals surface area contributed by atoms with Crippen molar-refractivity contribution in [1.29, 1.82) is 0 Å². The Labute approximate surface area is 160 Å². The van der Waals surface area contributed by atoms with Crippen LogP contribution in [0.15, 0.2) is 0 Å². The molecule has 0 amide bonds. The van der Waals surface area contributed by atoms with Crippen LogP contribution in [-0.2, 0) is 13.6 Å².